The van der Waals surface area contributed by atoms with Gasteiger partial charge < -0.3 is 4.74 Å². The van der Waals surface area contributed by atoms with E-state index in [9.17, 15) is 0 Å². The molecular weight excluding hydrogens is 222 g/mol. The van der Waals surface area contributed by atoms with E-state index < -0.39 is 0 Å². The minimum atomic E-state index is 0.443. The van der Waals surface area contributed by atoms with E-state index in [1.807, 2.05) is 12.1 Å². The van der Waals surface area contributed by atoms with Gasteiger partial charge in [-0.05, 0) is 35.6 Å². The number of benzene rings is 1. The van der Waals surface area contributed by atoms with Crippen LogP contribution in [-0.2, 0) is 0 Å². The van der Waals surface area contributed by atoms with Crippen molar-refractivity contribution in [1.29, 1.82) is 0 Å². The summed E-state index contributed by atoms with van der Waals surface area (Å²) in [6.07, 6.45) is 0. The normalized spacial score (nSPS) is 11.5. The molecule has 1 aromatic heterocycles. The van der Waals surface area contributed by atoms with Crippen molar-refractivity contribution >= 4 is 10.9 Å². The van der Waals surface area contributed by atoms with Gasteiger partial charge in [-0.1, -0.05) is 33.8 Å². The SMILES string of the molecule is COc1cccc2nc(C(C)C)cc(C(C)C)c12. The van der Waals surface area contributed by atoms with Crippen molar-refractivity contribution in [2.75, 3.05) is 7.11 Å². The number of nitrogens with zero attached hydrogens (tertiary/aromatic N) is 1. The third-order valence-corrected chi connectivity index (χ3v) is 3.28. The van der Waals surface area contributed by atoms with Crippen molar-refractivity contribution < 1.29 is 4.74 Å². The largest absolute Gasteiger partial charge is 0.496 e. The van der Waals surface area contributed by atoms with Crippen LogP contribution in [0.15, 0.2) is 24.3 Å². The molecule has 2 nitrogen and oxygen atoms in total. The predicted molar refractivity (Wildman–Crippen MR) is 76.5 cm³/mol. The van der Waals surface area contributed by atoms with Crippen molar-refractivity contribution in [2.24, 2.45) is 0 Å². The lowest BCUT2D eigenvalue weighted by atomic mass is 9.95. The van der Waals surface area contributed by atoms with Crippen LogP contribution in [0.5, 0.6) is 5.75 Å². The Morgan fingerprint density at radius 1 is 1.06 bits per heavy atom. The second kappa shape index (κ2) is 4.97. The minimum Gasteiger partial charge on any atom is -0.496 e. The van der Waals surface area contributed by atoms with Gasteiger partial charge in [-0.15, -0.1) is 0 Å². The molecule has 1 aromatic carbocycles. The molecule has 0 spiro atoms. The van der Waals surface area contributed by atoms with Crippen LogP contribution in [0.1, 0.15) is 50.8 Å². The van der Waals surface area contributed by atoms with E-state index in [0.29, 0.717) is 11.8 Å². The summed E-state index contributed by atoms with van der Waals surface area (Å²) in [5.74, 6) is 1.82. The van der Waals surface area contributed by atoms with Gasteiger partial charge in [-0.25, -0.2) is 0 Å². The number of rotatable bonds is 3. The molecule has 96 valence electrons. The highest BCUT2D eigenvalue weighted by Gasteiger charge is 2.14. The molecule has 0 atom stereocenters. The summed E-state index contributed by atoms with van der Waals surface area (Å²) >= 11 is 0. The van der Waals surface area contributed by atoms with E-state index >= 15 is 0 Å². The molecule has 18 heavy (non-hydrogen) atoms. The maximum atomic E-state index is 5.48. The Labute approximate surface area is 109 Å². The van der Waals surface area contributed by atoms with Crippen molar-refractivity contribution in [3.63, 3.8) is 0 Å². The van der Waals surface area contributed by atoms with E-state index in [4.69, 9.17) is 9.72 Å². The molecule has 0 amide bonds. The highest BCUT2D eigenvalue weighted by molar-refractivity contribution is 5.89. The maximum Gasteiger partial charge on any atom is 0.128 e. The van der Waals surface area contributed by atoms with E-state index in [1.54, 1.807) is 7.11 Å². The first-order valence-corrected chi connectivity index (χ1v) is 6.52. The lowest BCUT2D eigenvalue weighted by Crippen LogP contribution is -2.00. The van der Waals surface area contributed by atoms with Crippen LogP contribution >= 0.6 is 0 Å². The second-order valence-corrected chi connectivity index (χ2v) is 5.30. The summed E-state index contributed by atoms with van der Waals surface area (Å²) in [4.78, 5) is 4.75. The molecule has 0 bridgehead atoms. The second-order valence-electron chi connectivity index (χ2n) is 5.30. The number of hydrogen-bond acceptors (Lipinski definition) is 2. The Morgan fingerprint density at radius 2 is 1.78 bits per heavy atom. The van der Waals surface area contributed by atoms with Crippen LogP contribution in [0.3, 0.4) is 0 Å². The van der Waals surface area contributed by atoms with Gasteiger partial charge in [-0.2, -0.15) is 0 Å². The standard InChI is InChI=1S/C16H21NO/c1-10(2)12-9-14(11(3)4)17-13-7-6-8-15(18-5)16(12)13/h6-11H,1-5H3. The van der Waals surface area contributed by atoms with Crippen LogP contribution in [0.25, 0.3) is 10.9 Å². The van der Waals surface area contributed by atoms with Gasteiger partial charge in [0, 0.05) is 11.1 Å². The first kappa shape index (κ1) is 12.9. The van der Waals surface area contributed by atoms with Gasteiger partial charge in [0.25, 0.3) is 0 Å². The van der Waals surface area contributed by atoms with Crippen LogP contribution in [0.2, 0.25) is 0 Å². The zero-order valence-electron chi connectivity index (χ0n) is 11.8. The molecule has 0 N–H and O–H groups in total. The van der Waals surface area contributed by atoms with Crippen LogP contribution in [-0.4, -0.2) is 12.1 Å². The van der Waals surface area contributed by atoms with Crippen molar-refractivity contribution in [2.45, 2.75) is 39.5 Å². The molecule has 0 aliphatic carbocycles. The van der Waals surface area contributed by atoms with E-state index in [2.05, 4.69) is 39.8 Å². The fraction of sp³-hybridized carbons (Fsp3) is 0.438. The van der Waals surface area contributed by atoms with Crippen molar-refractivity contribution in [3.8, 4) is 5.75 Å². The van der Waals surface area contributed by atoms with Crippen molar-refractivity contribution in [1.82, 2.24) is 4.98 Å². The van der Waals surface area contributed by atoms with Crippen molar-refractivity contribution in [3.05, 3.63) is 35.5 Å². The summed E-state index contributed by atoms with van der Waals surface area (Å²) in [5.41, 5.74) is 3.50. The monoisotopic (exact) mass is 243 g/mol. The zero-order chi connectivity index (χ0) is 13.3. The van der Waals surface area contributed by atoms with Gasteiger partial charge in [0.05, 0.1) is 12.6 Å². The maximum absolute atomic E-state index is 5.48. The van der Waals surface area contributed by atoms with Gasteiger partial charge >= 0.3 is 0 Å². The Balaban J connectivity index is 2.81. The van der Waals surface area contributed by atoms with E-state index in [-0.39, 0.29) is 0 Å². The first-order valence-electron chi connectivity index (χ1n) is 6.52. The quantitative estimate of drug-likeness (QED) is 0.792. The average molecular weight is 243 g/mol. The van der Waals surface area contributed by atoms with Gasteiger partial charge in [-0.3, -0.25) is 4.98 Å². The number of pyridine rings is 1. The minimum absolute atomic E-state index is 0.443. The molecule has 0 unspecified atom stereocenters. The molecule has 2 rings (SSSR count). The average Bonchev–Trinajstić information content (AvgIpc) is 2.36. The van der Waals surface area contributed by atoms with E-state index in [0.717, 1.165) is 22.3 Å². The Kier molecular flexibility index (Phi) is 3.55. The first-order chi connectivity index (χ1) is 8.54. The number of hydrogen-bond donors (Lipinski definition) is 0. The molecule has 0 saturated carbocycles. The predicted octanol–water partition coefficient (Wildman–Crippen LogP) is 4.49. The zero-order valence-corrected chi connectivity index (χ0v) is 11.8. The summed E-state index contributed by atoms with van der Waals surface area (Å²) in [6, 6.07) is 8.29. The molecule has 2 aromatic rings. The third-order valence-electron chi connectivity index (χ3n) is 3.28. The fourth-order valence-corrected chi connectivity index (χ4v) is 2.23. The highest BCUT2D eigenvalue weighted by atomic mass is 16.5. The van der Waals surface area contributed by atoms with E-state index in [1.165, 1.54) is 5.56 Å². The smallest absolute Gasteiger partial charge is 0.128 e. The lowest BCUT2D eigenvalue weighted by Gasteiger charge is -2.16. The molecular formula is C16H21NO. The summed E-state index contributed by atoms with van der Waals surface area (Å²) in [5, 5.41) is 1.15. The molecule has 0 saturated heterocycles. The topological polar surface area (TPSA) is 22.1 Å². The molecule has 0 aliphatic rings. The number of aromatic nitrogens is 1. The highest BCUT2D eigenvalue weighted by Crippen LogP contribution is 2.33. The number of methoxy groups -OCH3 is 1. The number of ether oxygens (including phenoxy) is 1. The lowest BCUT2D eigenvalue weighted by molar-refractivity contribution is 0.419. The van der Waals surface area contributed by atoms with Gasteiger partial charge in [0.2, 0.25) is 0 Å². The van der Waals surface area contributed by atoms with Crippen LogP contribution in [0.4, 0.5) is 0 Å². The van der Waals surface area contributed by atoms with Crippen LogP contribution in [0, 0.1) is 0 Å². The molecule has 1 heterocycles. The molecule has 0 fully saturated rings. The summed E-state index contributed by atoms with van der Waals surface area (Å²) in [7, 11) is 1.72. The number of fused-ring (bicyclic) bond motifs is 1. The molecule has 0 radical (unpaired) electrons. The summed E-state index contributed by atoms with van der Waals surface area (Å²) in [6.45, 7) is 8.79. The Bertz CT molecular complexity index is 558. The van der Waals surface area contributed by atoms with Crippen LogP contribution < -0.4 is 4.74 Å². The molecule has 0 aliphatic heterocycles. The van der Waals surface area contributed by atoms with Gasteiger partial charge in [0.1, 0.15) is 5.75 Å². The summed E-state index contributed by atoms with van der Waals surface area (Å²) < 4.78 is 5.48. The Morgan fingerprint density at radius 3 is 2.33 bits per heavy atom. The third kappa shape index (κ3) is 2.20. The Hall–Kier alpha value is -1.57. The molecule has 2 heteroatoms. The fourth-order valence-electron chi connectivity index (χ4n) is 2.23. The van der Waals surface area contributed by atoms with Gasteiger partial charge in [0.15, 0.2) is 0 Å².